The first-order valence-corrected chi connectivity index (χ1v) is 12.2. The fourth-order valence-corrected chi connectivity index (χ4v) is 5.41. The molecule has 0 atom stereocenters. The third-order valence-electron chi connectivity index (χ3n) is 6.18. The number of carbonyl (C=O) groups excluding carboxylic acids is 1. The molecule has 1 aromatic heterocycles. The highest BCUT2D eigenvalue weighted by Crippen LogP contribution is 2.32. The second kappa shape index (κ2) is 8.03. The number of sulfonamides is 1. The Morgan fingerprint density at radius 1 is 0.969 bits per heavy atom. The van der Waals surface area contributed by atoms with E-state index in [4.69, 9.17) is 5.73 Å². The minimum Gasteiger partial charge on any atom is -0.383 e. The molecule has 5 rings (SSSR count). The van der Waals surface area contributed by atoms with Crippen LogP contribution in [0.3, 0.4) is 0 Å². The van der Waals surface area contributed by atoms with Gasteiger partial charge in [-0.1, -0.05) is 30.7 Å². The Labute approximate surface area is 187 Å². The number of aromatic nitrogens is 1. The summed E-state index contributed by atoms with van der Waals surface area (Å²) in [5.41, 5.74) is 11.2. The number of benzene rings is 2. The van der Waals surface area contributed by atoms with Gasteiger partial charge in [0.1, 0.15) is 5.82 Å². The predicted octanol–water partition coefficient (Wildman–Crippen LogP) is 3.11. The average Bonchev–Trinajstić information content (AvgIpc) is 2.77. The minimum absolute atomic E-state index is 0.0474. The Hall–Kier alpha value is -3.23. The number of pyridine rings is 1. The zero-order valence-electron chi connectivity index (χ0n) is 17.5. The number of hydrogen-bond donors (Lipinski definition) is 3. The number of fused-ring (bicyclic) bond motifs is 1. The van der Waals surface area contributed by atoms with Crippen LogP contribution in [0.4, 0.5) is 5.82 Å². The van der Waals surface area contributed by atoms with Crippen molar-refractivity contribution in [2.24, 2.45) is 0 Å². The zero-order chi connectivity index (χ0) is 22.3. The van der Waals surface area contributed by atoms with E-state index in [0.717, 1.165) is 53.5 Å². The molecule has 2 aliphatic rings. The molecule has 32 heavy (non-hydrogen) atoms. The van der Waals surface area contributed by atoms with Gasteiger partial charge in [-0.25, -0.2) is 18.1 Å². The van der Waals surface area contributed by atoms with Crippen LogP contribution in [0.1, 0.15) is 35.2 Å². The molecule has 1 amide bonds. The van der Waals surface area contributed by atoms with E-state index in [-0.39, 0.29) is 16.8 Å². The van der Waals surface area contributed by atoms with Crippen LogP contribution in [0.5, 0.6) is 0 Å². The van der Waals surface area contributed by atoms with E-state index in [1.54, 1.807) is 30.5 Å². The average molecular weight is 449 g/mol. The van der Waals surface area contributed by atoms with Crippen LogP contribution >= 0.6 is 0 Å². The molecule has 0 radical (unpaired) electrons. The van der Waals surface area contributed by atoms with Gasteiger partial charge in [-0.05, 0) is 60.2 Å². The highest BCUT2D eigenvalue weighted by atomic mass is 32.2. The van der Waals surface area contributed by atoms with E-state index < -0.39 is 10.0 Å². The Kier molecular flexibility index (Phi) is 5.19. The normalized spacial score (nSPS) is 16.2. The Balaban J connectivity index is 1.44. The van der Waals surface area contributed by atoms with Crippen LogP contribution in [0, 0.1) is 0 Å². The van der Waals surface area contributed by atoms with Crippen molar-refractivity contribution in [3.63, 3.8) is 0 Å². The van der Waals surface area contributed by atoms with Crippen LogP contribution < -0.4 is 15.8 Å². The molecule has 0 bridgehead atoms. The van der Waals surface area contributed by atoms with Gasteiger partial charge < -0.3 is 11.1 Å². The molecule has 8 heteroatoms. The summed E-state index contributed by atoms with van der Waals surface area (Å²) in [7, 11) is -3.51. The molecule has 3 aromatic rings. The molecule has 2 heterocycles. The van der Waals surface area contributed by atoms with Crippen molar-refractivity contribution in [2.75, 3.05) is 12.3 Å². The molecule has 164 valence electrons. The molecule has 1 fully saturated rings. The first kappa shape index (κ1) is 20.7. The lowest BCUT2D eigenvalue weighted by molar-refractivity contribution is 0.0946. The van der Waals surface area contributed by atoms with Crippen molar-refractivity contribution in [1.29, 1.82) is 0 Å². The summed E-state index contributed by atoms with van der Waals surface area (Å²) in [5, 5.41) is 2.85. The molecule has 0 spiro atoms. The molecule has 1 saturated carbocycles. The Morgan fingerprint density at radius 2 is 1.72 bits per heavy atom. The van der Waals surface area contributed by atoms with E-state index in [1.165, 1.54) is 0 Å². The third kappa shape index (κ3) is 3.87. The molecule has 0 unspecified atom stereocenters. The number of nitrogen functional groups attached to an aromatic ring is 1. The summed E-state index contributed by atoms with van der Waals surface area (Å²) in [6.45, 7) is 0.619. The predicted molar refractivity (Wildman–Crippen MR) is 124 cm³/mol. The second-order valence-electron chi connectivity index (χ2n) is 8.31. The number of nitrogens with one attached hydrogen (secondary N) is 2. The van der Waals surface area contributed by atoms with Crippen molar-refractivity contribution in [1.82, 2.24) is 15.0 Å². The Bertz CT molecular complexity index is 1300. The third-order valence-corrected chi connectivity index (χ3v) is 7.72. The fraction of sp³-hybridized carbons (Fsp3) is 0.250. The van der Waals surface area contributed by atoms with E-state index in [0.29, 0.717) is 17.9 Å². The highest BCUT2D eigenvalue weighted by molar-refractivity contribution is 7.89. The lowest BCUT2D eigenvalue weighted by Crippen LogP contribution is -2.39. The molecular weight excluding hydrogens is 424 g/mol. The maximum Gasteiger partial charge on any atom is 0.251 e. The van der Waals surface area contributed by atoms with Gasteiger partial charge in [0.2, 0.25) is 10.0 Å². The van der Waals surface area contributed by atoms with Crippen LogP contribution in [-0.2, 0) is 16.4 Å². The minimum atomic E-state index is -3.51. The van der Waals surface area contributed by atoms with E-state index in [2.05, 4.69) is 15.0 Å². The largest absolute Gasteiger partial charge is 0.383 e. The lowest BCUT2D eigenvalue weighted by Gasteiger charge is -2.26. The van der Waals surface area contributed by atoms with Crippen molar-refractivity contribution in [2.45, 2.75) is 36.6 Å². The van der Waals surface area contributed by atoms with Crippen LogP contribution in [0.15, 0.2) is 59.6 Å². The summed E-state index contributed by atoms with van der Waals surface area (Å²) in [6, 6.07) is 14.5. The molecule has 7 nitrogen and oxygen atoms in total. The number of amides is 1. The number of hydrogen-bond acceptors (Lipinski definition) is 5. The summed E-state index contributed by atoms with van der Waals surface area (Å²) >= 11 is 0. The molecule has 1 aliphatic heterocycles. The topological polar surface area (TPSA) is 114 Å². The number of anilines is 1. The molecule has 4 N–H and O–H groups in total. The summed E-state index contributed by atoms with van der Waals surface area (Å²) in [6.07, 6.45) is 5.30. The molecular formula is C24H24N4O3S. The molecule has 2 aromatic carbocycles. The molecule has 0 saturated heterocycles. The van der Waals surface area contributed by atoms with E-state index in [9.17, 15) is 13.2 Å². The van der Waals surface area contributed by atoms with Gasteiger partial charge in [0.05, 0.1) is 4.90 Å². The van der Waals surface area contributed by atoms with Gasteiger partial charge in [-0.2, -0.15) is 0 Å². The van der Waals surface area contributed by atoms with Crippen molar-refractivity contribution >= 4 is 21.7 Å². The number of nitrogens with zero attached hydrogens (tertiary/aromatic N) is 1. The van der Waals surface area contributed by atoms with Gasteiger partial charge in [0.15, 0.2) is 0 Å². The van der Waals surface area contributed by atoms with Crippen molar-refractivity contribution in [3.8, 4) is 22.3 Å². The maximum absolute atomic E-state index is 12.5. The lowest BCUT2D eigenvalue weighted by atomic mass is 9.94. The maximum atomic E-state index is 12.5. The Morgan fingerprint density at radius 3 is 2.44 bits per heavy atom. The standard InChI is InChI=1S/C24H24N4O3S/c25-23-22(16-6-9-21-17(12-16)10-11-26-24(21)29)13-18(14-27-23)15-4-7-20(8-5-15)32(30,31)28-19-2-1-3-19/h4-9,12-14,19,28H,1-3,10-11H2,(H2,25,27)(H,26,29). The summed E-state index contributed by atoms with van der Waals surface area (Å²) in [5.74, 6) is 0.345. The van der Waals surface area contributed by atoms with Crippen molar-refractivity contribution in [3.05, 3.63) is 65.9 Å². The smallest absolute Gasteiger partial charge is 0.251 e. The first-order chi connectivity index (χ1) is 15.4. The summed E-state index contributed by atoms with van der Waals surface area (Å²) in [4.78, 5) is 16.6. The monoisotopic (exact) mass is 448 g/mol. The van der Waals surface area contributed by atoms with Gasteiger partial charge in [0, 0.05) is 35.5 Å². The number of nitrogens with two attached hydrogens (primary N) is 1. The van der Waals surface area contributed by atoms with Gasteiger partial charge in [0.25, 0.3) is 5.91 Å². The van der Waals surface area contributed by atoms with Crippen LogP contribution in [0.2, 0.25) is 0 Å². The fourth-order valence-electron chi connectivity index (χ4n) is 4.10. The summed E-state index contributed by atoms with van der Waals surface area (Å²) < 4.78 is 27.8. The first-order valence-electron chi connectivity index (χ1n) is 10.7. The second-order valence-corrected chi connectivity index (χ2v) is 10.0. The van der Waals surface area contributed by atoms with E-state index >= 15 is 0 Å². The number of carbonyl (C=O) groups is 1. The van der Waals surface area contributed by atoms with Gasteiger partial charge in [-0.15, -0.1) is 0 Å². The van der Waals surface area contributed by atoms with Gasteiger partial charge >= 0.3 is 0 Å². The zero-order valence-corrected chi connectivity index (χ0v) is 18.3. The van der Waals surface area contributed by atoms with E-state index in [1.807, 2.05) is 24.3 Å². The van der Waals surface area contributed by atoms with Crippen LogP contribution in [0.25, 0.3) is 22.3 Å². The molecule has 1 aliphatic carbocycles. The quantitative estimate of drug-likeness (QED) is 0.555. The highest BCUT2D eigenvalue weighted by Gasteiger charge is 2.24. The van der Waals surface area contributed by atoms with Gasteiger partial charge in [-0.3, -0.25) is 4.79 Å². The number of rotatable bonds is 5. The SMILES string of the molecule is Nc1ncc(-c2ccc(S(=O)(=O)NC3CCC3)cc2)cc1-c1ccc2c(c1)CCNC2=O. The van der Waals surface area contributed by atoms with Crippen LogP contribution in [-0.4, -0.2) is 31.9 Å². The van der Waals surface area contributed by atoms with Crippen molar-refractivity contribution < 1.29 is 13.2 Å².